The molecular weight excluding hydrogens is 396 g/mol. The monoisotopic (exact) mass is 411 g/mol. The molecule has 0 fully saturated rings. The minimum Gasteiger partial charge on any atom is -0.755 e. The van der Waals surface area contributed by atoms with Crippen LogP contribution in [0, 0.1) is 6.92 Å². The maximum Gasteiger partial charge on any atom is 0.195 e. The minimum atomic E-state index is -2.35. The number of H-pyrrole nitrogens is 1. The van der Waals surface area contributed by atoms with Gasteiger partial charge in [0.25, 0.3) is 0 Å². The van der Waals surface area contributed by atoms with Crippen molar-refractivity contribution >= 4 is 51.3 Å². The van der Waals surface area contributed by atoms with E-state index in [1.807, 2.05) is 49.4 Å². The van der Waals surface area contributed by atoms with Crippen LogP contribution in [-0.4, -0.2) is 28.9 Å². The van der Waals surface area contributed by atoms with Crippen molar-refractivity contribution in [3.05, 3.63) is 60.3 Å². The maximum atomic E-state index is 10.7. The average molecular weight is 411 g/mol. The van der Waals surface area contributed by atoms with E-state index in [4.69, 9.17) is 0 Å². The summed E-state index contributed by atoms with van der Waals surface area (Å²) >= 11 is -0.958. The van der Waals surface area contributed by atoms with E-state index in [9.17, 15) is 8.76 Å². The van der Waals surface area contributed by atoms with E-state index in [1.165, 1.54) is 11.8 Å². The van der Waals surface area contributed by atoms with Crippen molar-refractivity contribution in [1.82, 2.24) is 20.2 Å². The standard InChI is InChI=1S/C18H16N6O2S2/c1-11-10-16(23-22-11)20-17-14-4-2-3-5-15(14)19-18(21-17)27-13-8-6-12(7-9-13)24-28(25)26/h2-10,24H,1H3,(H,25,26)(H2,19,20,21,22,23)/p-1. The first kappa shape index (κ1) is 18.4. The lowest BCUT2D eigenvalue weighted by molar-refractivity contribution is 0.542. The molecule has 0 bridgehead atoms. The van der Waals surface area contributed by atoms with E-state index < -0.39 is 11.3 Å². The van der Waals surface area contributed by atoms with E-state index in [1.54, 1.807) is 12.1 Å². The quantitative estimate of drug-likeness (QED) is 0.326. The SMILES string of the molecule is Cc1cc(Nc2nc(Sc3ccc(NS(=O)[O-])cc3)nc3ccccc23)n[nH]1. The molecule has 2 aromatic carbocycles. The number of nitrogens with one attached hydrogen (secondary N) is 3. The summed E-state index contributed by atoms with van der Waals surface area (Å²) in [5, 5.41) is 11.8. The highest BCUT2D eigenvalue weighted by molar-refractivity contribution is 7.99. The number of benzene rings is 2. The Kier molecular flexibility index (Phi) is 5.24. The molecule has 1 atom stereocenters. The number of para-hydroxylation sites is 1. The van der Waals surface area contributed by atoms with E-state index in [2.05, 4.69) is 30.2 Å². The molecule has 142 valence electrons. The highest BCUT2D eigenvalue weighted by Crippen LogP contribution is 2.31. The average Bonchev–Trinajstić information content (AvgIpc) is 3.08. The molecule has 3 N–H and O–H groups in total. The van der Waals surface area contributed by atoms with Crippen molar-refractivity contribution in [3.8, 4) is 0 Å². The summed E-state index contributed by atoms with van der Waals surface area (Å²) in [6.45, 7) is 1.93. The van der Waals surface area contributed by atoms with Gasteiger partial charge in [0.2, 0.25) is 0 Å². The Labute approximate surface area is 167 Å². The Morgan fingerprint density at radius 2 is 1.89 bits per heavy atom. The first-order valence-electron chi connectivity index (χ1n) is 8.26. The van der Waals surface area contributed by atoms with Gasteiger partial charge in [-0.15, -0.1) is 0 Å². The summed E-state index contributed by atoms with van der Waals surface area (Å²) in [6, 6.07) is 16.6. The third-order valence-corrected chi connectivity index (χ3v) is 5.08. The van der Waals surface area contributed by atoms with E-state index >= 15 is 0 Å². The molecule has 0 radical (unpaired) electrons. The number of rotatable bonds is 6. The van der Waals surface area contributed by atoms with Gasteiger partial charge in [-0.3, -0.25) is 9.31 Å². The third kappa shape index (κ3) is 4.30. The number of fused-ring (bicyclic) bond motifs is 1. The van der Waals surface area contributed by atoms with Crippen molar-refractivity contribution in [2.24, 2.45) is 0 Å². The molecule has 0 spiro atoms. The first-order valence-corrected chi connectivity index (χ1v) is 10.2. The summed E-state index contributed by atoms with van der Waals surface area (Å²) < 4.78 is 23.7. The summed E-state index contributed by atoms with van der Waals surface area (Å²) in [5.74, 6) is 1.35. The topological polar surface area (TPSA) is 119 Å². The zero-order valence-electron chi connectivity index (χ0n) is 14.7. The van der Waals surface area contributed by atoms with E-state index in [0.29, 0.717) is 22.5 Å². The first-order chi connectivity index (χ1) is 13.6. The van der Waals surface area contributed by atoms with Crippen LogP contribution in [0.3, 0.4) is 0 Å². The van der Waals surface area contributed by atoms with Crippen molar-refractivity contribution < 1.29 is 8.76 Å². The maximum absolute atomic E-state index is 10.7. The van der Waals surface area contributed by atoms with E-state index in [-0.39, 0.29) is 0 Å². The second-order valence-electron chi connectivity index (χ2n) is 5.90. The summed E-state index contributed by atoms with van der Waals surface area (Å²) in [6.07, 6.45) is 0. The van der Waals surface area contributed by atoms with Crippen LogP contribution in [0.5, 0.6) is 0 Å². The number of aryl methyl sites for hydroxylation is 1. The number of hydrogen-bond acceptors (Lipinski definition) is 7. The Hall–Kier alpha value is -2.95. The summed E-state index contributed by atoms with van der Waals surface area (Å²) in [5.41, 5.74) is 2.26. The van der Waals surface area contributed by atoms with Gasteiger partial charge < -0.3 is 14.6 Å². The molecule has 0 amide bonds. The lowest BCUT2D eigenvalue weighted by Gasteiger charge is -2.10. The molecule has 8 nitrogen and oxygen atoms in total. The molecule has 0 saturated carbocycles. The highest BCUT2D eigenvalue weighted by Gasteiger charge is 2.10. The second-order valence-corrected chi connectivity index (χ2v) is 7.61. The van der Waals surface area contributed by atoms with Gasteiger partial charge >= 0.3 is 0 Å². The van der Waals surface area contributed by atoms with Crippen LogP contribution in [0.25, 0.3) is 10.9 Å². The summed E-state index contributed by atoms with van der Waals surface area (Å²) in [4.78, 5) is 10.2. The fourth-order valence-corrected chi connectivity index (χ4v) is 3.68. The molecule has 0 aliphatic heterocycles. The molecule has 28 heavy (non-hydrogen) atoms. The molecule has 0 saturated heterocycles. The number of anilines is 3. The molecule has 0 aliphatic carbocycles. The van der Waals surface area contributed by atoms with Gasteiger partial charge in [0.05, 0.1) is 5.52 Å². The molecular formula is C18H15N6O2S2-. The molecule has 0 aliphatic rings. The van der Waals surface area contributed by atoms with Crippen LogP contribution in [0.15, 0.2) is 64.6 Å². The fraction of sp³-hybridized carbons (Fsp3) is 0.0556. The smallest absolute Gasteiger partial charge is 0.195 e. The van der Waals surface area contributed by atoms with Crippen molar-refractivity contribution in [3.63, 3.8) is 0 Å². The highest BCUT2D eigenvalue weighted by atomic mass is 32.2. The van der Waals surface area contributed by atoms with Gasteiger partial charge in [-0.1, -0.05) is 12.1 Å². The Morgan fingerprint density at radius 1 is 1.11 bits per heavy atom. The Bertz CT molecular complexity index is 1150. The van der Waals surface area contributed by atoms with Crippen molar-refractivity contribution in [2.45, 2.75) is 17.0 Å². The van der Waals surface area contributed by atoms with Crippen molar-refractivity contribution in [2.75, 3.05) is 10.0 Å². The second kappa shape index (κ2) is 7.97. The molecule has 1 unspecified atom stereocenters. The zero-order valence-corrected chi connectivity index (χ0v) is 16.3. The fourth-order valence-electron chi connectivity index (χ4n) is 2.59. The molecule has 10 heteroatoms. The van der Waals surface area contributed by atoms with Crippen LogP contribution in [-0.2, 0) is 11.3 Å². The van der Waals surface area contributed by atoms with Gasteiger partial charge in [0, 0.05) is 39.0 Å². The van der Waals surface area contributed by atoms with Gasteiger partial charge in [0.1, 0.15) is 5.82 Å². The van der Waals surface area contributed by atoms with Crippen LogP contribution >= 0.6 is 11.8 Å². The van der Waals surface area contributed by atoms with Crippen LogP contribution in [0.2, 0.25) is 0 Å². The summed E-state index contributed by atoms with van der Waals surface area (Å²) in [7, 11) is 0. The number of aromatic nitrogens is 4. The van der Waals surface area contributed by atoms with Crippen LogP contribution < -0.4 is 10.0 Å². The van der Waals surface area contributed by atoms with Gasteiger partial charge in [-0.05, 0) is 55.1 Å². The van der Waals surface area contributed by atoms with Gasteiger partial charge in [-0.25, -0.2) is 9.97 Å². The third-order valence-electron chi connectivity index (χ3n) is 3.80. The van der Waals surface area contributed by atoms with Gasteiger partial charge in [0.15, 0.2) is 11.0 Å². The number of aromatic amines is 1. The van der Waals surface area contributed by atoms with Gasteiger partial charge in [-0.2, -0.15) is 5.10 Å². The van der Waals surface area contributed by atoms with E-state index in [0.717, 1.165) is 21.5 Å². The predicted octanol–water partition coefficient (Wildman–Crippen LogP) is 3.76. The predicted molar refractivity (Wildman–Crippen MR) is 109 cm³/mol. The number of nitrogens with zero attached hydrogens (tertiary/aromatic N) is 3. The zero-order chi connectivity index (χ0) is 19.5. The number of hydrogen-bond donors (Lipinski definition) is 3. The molecule has 4 rings (SSSR count). The lowest BCUT2D eigenvalue weighted by atomic mass is 10.2. The minimum absolute atomic E-state index is 0.494. The molecule has 2 heterocycles. The molecule has 2 aromatic heterocycles. The Morgan fingerprint density at radius 3 is 2.61 bits per heavy atom. The van der Waals surface area contributed by atoms with Crippen LogP contribution in [0.1, 0.15) is 5.69 Å². The Balaban J connectivity index is 1.64. The lowest BCUT2D eigenvalue weighted by Crippen LogP contribution is -2.01. The molecule has 4 aromatic rings. The largest absolute Gasteiger partial charge is 0.755 e. The van der Waals surface area contributed by atoms with Crippen molar-refractivity contribution in [1.29, 1.82) is 0 Å². The van der Waals surface area contributed by atoms with Crippen LogP contribution in [0.4, 0.5) is 17.3 Å². The normalized spacial score (nSPS) is 12.1.